The van der Waals surface area contributed by atoms with Crippen molar-refractivity contribution in [2.24, 2.45) is 5.92 Å². The fourth-order valence-corrected chi connectivity index (χ4v) is 4.53. The van der Waals surface area contributed by atoms with E-state index in [9.17, 15) is 23.9 Å². The smallest absolute Gasteiger partial charge is 0.331 e. The van der Waals surface area contributed by atoms with Crippen LogP contribution in [0.1, 0.15) is 91.2 Å². The Hall–Kier alpha value is -2.32. The predicted molar refractivity (Wildman–Crippen MR) is 130 cm³/mol. The molecule has 1 amide bonds. The fraction of sp³-hybridized carbons (Fsp3) is 0.667. The van der Waals surface area contributed by atoms with Crippen LogP contribution in [0.15, 0.2) is 24.3 Å². The fourth-order valence-electron chi connectivity index (χ4n) is 4.53. The molecule has 35 heavy (non-hydrogen) atoms. The number of nitrogens with zero attached hydrogens (tertiary/aromatic N) is 1. The highest BCUT2D eigenvalue weighted by molar-refractivity contribution is 5.85. The number of hydrogen-bond donors (Lipinski definition) is 1. The minimum atomic E-state index is -1.24. The van der Waals surface area contributed by atoms with E-state index in [2.05, 4.69) is 6.92 Å². The molecule has 1 heterocycles. The molecule has 1 aliphatic rings. The molecule has 8 heteroatoms. The number of aliphatic carboxylic acids is 1. The molecule has 0 saturated carbocycles. The first-order valence-corrected chi connectivity index (χ1v) is 12.6. The summed E-state index contributed by atoms with van der Waals surface area (Å²) in [6.07, 6.45) is 4.07. The van der Waals surface area contributed by atoms with E-state index in [1.165, 1.54) is 29.2 Å². The topological polar surface area (TPSA) is 93.1 Å². The third-order valence-corrected chi connectivity index (χ3v) is 6.14. The number of carbonyl (C=O) groups excluding carboxylic acids is 2. The summed E-state index contributed by atoms with van der Waals surface area (Å²) in [5.41, 5.74) is 0.330. The molecule has 3 atom stereocenters. The van der Waals surface area contributed by atoms with Crippen molar-refractivity contribution >= 4 is 17.7 Å². The Bertz CT molecular complexity index is 854. The standard InChI is InChI=1S/C27H40FNO6/c1-6-7-8-9-21(30)16-23-17-22(34-27(4,5)35-23)14-15-29(25(31)18(2)3)24(26(32)33)19-10-12-20(28)13-11-19/h10-13,18,22-24H,6-9,14-17H2,1-5H3,(H,32,33)/t22?,23-,24?/m0/s1. The molecule has 1 saturated heterocycles. The van der Waals surface area contributed by atoms with Crippen molar-refractivity contribution in [3.05, 3.63) is 35.6 Å². The maximum Gasteiger partial charge on any atom is 0.331 e. The van der Waals surface area contributed by atoms with Crippen LogP contribution >= 0.6 is 0 Å². The maximum atomic E-state index is 13.4. The summed E-state index contributed by atoms with van der Waals surface area (Å²) >= 11 is 0. The zero-order valence-corrected chi connectivity index (χ0v) is 21.6. The van der Waals surface area contributed by atoms with Crippen molar-refractivity contribution in [3.63, 3.8) is 0 Å². The number of carbonyl (C=O) groups is 3. The van der Waals surface area contributed by atoms with Gasteiger partial charge in [-0.2, -0.15) is 0 Å². The van der Waals surface area contributed by atoms with Crippen LogP contribution in [0.2, 0.25) is 0 Å². The van der Waals surface area contributed by atoms with Crippen LogP contribution in [-0.4, -0.2) is 52.2 Å². The van der Waals surface area contributed by atoms with E-state index >= 15 is 0 Å². The third kappa shape index (κ3) is 9.00. The average Bonchev–Trinajstić information content (AvgIpc) is 2.75. The third-order valence-electron chi connectivity index (χ3n) is 6.14. The van der Waals surface area contributed by atoms with Gasteiger partial charge in [-0.05, 0) is 44.4 Å². The van der Waals surface area contributed by atoms with Crippen LogP contribution < -0.4 is 0 Å². The predicted octanol–water partition coefficient (Wildman–Crippen LogP) is 5.28. The van der Waals surface area contributed by atoms with Crippen molar-refractivity contribution in [2.75, 3.05) is 6.54 Å². The number of rotatable bonds is 13. The van der Waals surface area contributed by atoms with Crippen LogP contribution in [-0.2, 0) is 23.9 Å². The van der Waals surface area contributed by atoms with E-state index in [-0.39, 0.29) is 30.4 Å². The number of hydrogen-bond acceptors (Lipinski definition) is 5. The second-order valence-electron chi connectivity index (χ2n) is 10.1. The van der Waals surface area contributed by atoms with Crippen LogP contribution in [0.5, 0.6) is 0 Å². The van der Waals surface area contributed by atoms with Crippen molar-refractivity contribution in [3.8, 4) is 0 Å². The maximum absolute atomic E-state index is 13.4. The molecular formula is C27H40FNO6. The first kappa shape index (κ1) is 28.9. The lowest BCUT2D eigenvalue weighted by molar-refractivity contribution is -0.300. The minimum Gasteiger partial charge on any atom is -0.479 e. The number of unbranched alkanes of at least 4 members (excludes halogenated alkanes) is 2. The number of halogens is 1. The number of amides is 1. The molecule has 0 bridgehead atoms. The summed E-state index contributed by atoms with van der Waals surface area (Å²) in [7, 11) is 0. The minimum absolute atomic E-state index is 0.142. The average molecular weight is 494 g/mol. The van der Waals surface area contributed by atoms with Gasteiger partial charge in [-0.25, -0.2) is 9.18 Å². The Balaban J connectivity index is 2.15. The Labute approximate surface area is 208 Å². The lowest BCUT2D eigenvalue weighted by Crippen LogP contribution is -2.47. The molecule has 1 fully saturated rings. The Morgan fingerprint density at radius 3 is 2.31 bits per heavy atom. The number of ketones is 1. The Morgan fingerprint density at radius 2 is 1.74 bits per heavy atom. The lowest BCUT2D eigenvalue weighted by atomic mass is 9.98. The summed E-state index contributed by atoms with van der Waals surface area (Å²) in [6, 6.07) is 3.92. The van der Waals surface area contributed by atoms with Crippen LogP contribution in [0.25, 0.3) is 0 Å². The molecule has 7 nitrogen and oxygen atoms in total. The summed E-state index contributed by atoms with van der Waals surface area (Å²) in [4.78, 5) is 39.0. The number of ether oxygens (including phenoxy) is 2. The lowest BCUT2D eigenvalue weighted by Gasteiger charge is -2.41. The molecule has 1 aromatic carbocycles. The Kier molecular flexibility index (Phi) is 10.8. The van der Waals surface area contributed by atoms with Crippen molar-refractivity contribution < 1.29 is 33.4 Å². The van der Waals surface area contributed by atoms with Gasteiger partial charge in [0.05, 0.1) is 12.2 Å². The highest BCUT2D eigenvalue weighted by Gasteiger charge is 2.38. The molecule has 2 rings (SSSR count). The number of Topliss-reactive ketones (excluding diaryl/α,β-unsaturated/α-hetero) is 1. The van der Waals surface area contributed by atoms with E-state index in [0.717, 1.165) is 19.3 Å². The van der Waals surface area contributed by atoms with Gasteiger partial charge in [-0.15, -0.1) is 0 Å². The number of carboxylic acid groups (broad SMARTS) is 1. The van der Waals surface area contributed by atoms with Gasteiger partial charge in [-0.1, -0.05) is 45.7 Å². The van der Waals surface area contributed by atoms with Crippen LogP contribution in [0.3, 0.4) is 0 Å². The molecule has 2 unspecified atom stereocenters. The van der Waals surface area contributed by atoms with Gasteiger partial charge in [-0.3, -0.25) is 9.59 Å². The molecule has 1 aliphatic heterocycles. The highest BCUT2D eigenvalue weighted by Crippen LogP contribution is 2.32. The summed E-state index contributed by atoms with van der Waals surface area (Å²) in [5.74, 6) is -3.12. The van der Waals surface area contributed by atoms with Gasteiger partial charge in [0.2, 0.25) is 5.91 Å². The SMILES string of the molecule is CCCCCC(=O)C[C@H]1CC(CCN(C(=O)C(C)C)C(C(=O)O)c2ccc(F)cc2)OC(C)(C)O1. The summed E-state index contributed by atoms with van der Waals surface area (Å²) < 4.78 is 25.5. The van der Waals surface area contributed by atoms with Gasteiger partial charge in [0.15, 0.2) is 11.8 Å². The van der Waals surface area contributed by atoms with Gasteiger partial charge >= 0.3 is 5.97 Å². The number of benzene rings is 1. The van der Waals surface area contributed by atoms with Gasteiger partial charge < -0.3 is 19.5 Å². The largest absolute Gasteiger partial charge is 0.479 e. The van der Waals surface area contributed by atoms with E-state index < -0.39 is 29.5 Å². The van der Waals surface area contributed by atoms with E-state index in [0.29, 0.717) is 31.2 Å². The molecule has 0 aliphatic carbocycles. The zero-order chi connectivity index (χ0) is 26.2. The van der Waals surface area contributed by atoms with E-state index in [1.54, 1.807) is 27.7 Å². The van der Waals surface area contributed by atoms with Gasteiger partial charge in [0.1, 0.15) is 11.6 Å². The second-order valence-corrected chi connectivity index (χ2v) is 10.1. The van der Waals surface area contributed by atoms with Gasteiger partial charge in [0.25, 0.3) is 0 Å². The second kappa shape index (κ2) is 13.1. The normalized spacial score (nSPS) is 20.4. The monoisotopic (exact) mass is 493 g/mol. The van der Waals surface area contributed by atoms with Crippen molar-refractivity contribution in [1.82, 2.24) is 4.90 Å². The molecule has 1 N–H and O–H groups in total. The zero-order valence-electron chi connectivity index (χ0n) is 21.6. The van der Waals surface area contributed by atoms with Crippen molar-refractivity contribution in [1.29, 1.82) is 0 Å². The van der Waals surface area contributed by atoms with Crippen LogP contribution in [0, 0.1) is 11.7 Å². The first-order chi connectivity index (χ1) is 16.4. The van der Waals surface area contributed by atoms with Crippen LogP contribution in [0.4, 0.5) is 4.39 Å². The highest BCUT2D eigenvalue weighted by atomic mass is 19.1. The molecule has 196 valence electrons. The molecule has 0 aromatic heterocycles. The first-order valence-electron chi connectivity index (χ1n) is 12.6. The molecule has 1 aromatic rings. The summed E-state index contributed by atoms with van der Waals surface area (Å²) in [5, 5.41) is 9.97. The van der Waals surface area contributed by atoms with Gasteiger partial charge in [0, 0.05) is 31.7 Å². The molecule has 0 radical (unpaired) electrons. The quantitative estimate of drug-likeness (QED) is 0.376. The van der Waals surface area contributed by atoms with E-state index in [4.69, 9.17) is 9.47 Å². The summed E-state index contributed by atoms with van der Waals surface area (Å²) in [6.45, 7) is 9.26. The molecular weight excluding hydrogens is 453 g/mol. The molecule has 0 spiro atoms. The van der Waals surface area contributed by atoms with Crippen molar-refractivity contribution in [2.45, 2.75) is 104 Å². The number of carboxylic acids is 1. The Morgan fingerprint density at radius 1 is 1.11 bits per heavy atom. The van der Waals surface area contributed by atoms with E-state index in [1.807, 2.05) is 0 Å².